The molecular formula is C11H12Br2FNO. The Hall–Kier alpha value is -0.420. The highest BCUT2D eigenvalue weighted by Crippen LogP contribution is 2.17. The molecule has 1 rings (SSSR count). The Labute approximate surface area is 111 Å². The summed E-state index contributed by atoms with van der Waals surface area (Å²) < 4.78 is 13.3. The number of carbonyl (C=O) groups is 1. The predicted octanol–water partition coefficient (Wildman–Crippen LogP) is 3.35. The maximum atomic E-state index is 12.8. The third kappa shape index (κ3) is 3.87. The quantitative estimate of drug-likeness (QED) is 0.827. The lowest BCUT2D eigenvalue weighted by Gasteiger charge is -2.10. The Morgan fingerprint density at radius 1 is 1.56 bits per heavy atom. The van der Waals surface area contributed by atoms with Crippen LogP contribution in [0.15, 0.2) is 22.7 Å². The van der Waals surface area contributed by atoms with Gasteiger partial charge in [0.25, 0.3) is 5.91 Å². The van der Waals surface area contributed by atoms with Crippen LogP contribution in [0.5, 0.6) is 0 Å². The van der Waals surface area contributed by atoms with Crippen molar-refractivity contribution in [2.75, 3.05) is 11.9 Å². The van der Waals surface area contributed by atoms with E-state index in [4.69, 9.17) is 0 Å². The molecule has 1 aromatic carbocycles. The van der Waals surface area contributed by atoms with Crippen molar-refractivity contribution in [1.29, 1.82) is 0 Å². The highest BCUT2D eigenvalue weighted by Gasteiger charge is 2.11. The van der Waals surface area contributed by atoms with E-state index < -0.39 is 0 Å². The van der Waals surface area contributed by atoms with Crippen LogP contribution in [-0.2, 0) is 0 Å². The summed E-state index contributed by atoms with van der Waals surface area (Å²) in [6, 6.07) is 4.02. The molecule has 0 radical (unpaired) electrons. The molecule has 1 unspecified atom stereocenters. The second kappa shape index (κ2) is 6.35. The van der Waals surface area contributed by atoms with E-state index in [1.807, 2.05) is 6.92 Å². The van der Waals surface area contributed by atoms with E-state index in [1.165, 1.54) is 18.2 Å². The van der Waals surface area contributed by atoms with Crippen LogP contribution in [-0.4, -0.2) is 17.8 Å². The van der Waals surface area contributed by atoms with Crippen molar-refractivity contribution >= 4 is 37.8 Å². The molecule has 16 heavy (non-hydrogen) atoms. The van der Waals surface area contributed by atoms with Crippen molar-refractivity contribution < 1.29 is 9.18 Å². The molecule has 0 bridgehead atoms. The highest BCUT2D eigenvalue weighted by atomic mass is 79.9. The van der Waals surface area contributed by atoms with E-state index in [9.17, 15) is 9.18 Å². The number of hydrogen-bond donors (Lipinski definition) is 1. The zero-order valence-electron chi connectivity index (χ0n) is 8.77. The van der Waals surface area contributed by atoms with Gasteiger partial charge in [-0.25, -0.2) is 4.39 Å². The first-order chi connectivity index (χ1) is 7.54. The normalized spacial score (nSPS) is 12.2. The van der Waals surface area contributed by atoms with Crippen molar-refractivity contribution in [3.63, 3.8) is 0 Å². The maximum Gasteiger partial charge on any atom is 0.252 e. The number of rotatable bonds is 4. The first-order valence-corrected chi connectivity index (χ1v) is 6.75. The fraction of sp³-hybridized carbons (Fsp3) is 0.364. The number of halogens is 3. The summed E-state index contributed by atoms with van der Waals surface area (Å²) in [5, 5.41) is 3.62. The Balaban J connectivity index is 2.66. The van der Waals surface area contributed by atoms with Gasteiger partial charge in [0.2, 0.25) is 0 Å². The number of carbonyl (C=O) groups excluding carboxylic acids is 1. The van der Waals surface area contributed by atoms with Gasteiger partial charge in [-0.1, -0.05) is 22.9 Å². The van der Waals surface area contributed by atoms with Crippen molar-refractivity contribution in [3.8, 4) is 0 Å². The van der Waals surface area contributed by atoms with Crippen LogP contribution < -0.4 is 5.32 Å². The molecule has 0 aromatic heterocycles. The first-order valence-electron chi connectivity index (χ1n) is 4.83. The third-order valence-corrected chi connectivity index (χ3v) is 3.81. The van der Waals surface area contributed by atoms with Gasteiger partial charge in [-0.2, -0.15) is 0 Å². The SMILES string of the molecule is CC(CBr)CNC(=O)c1ccc(F)cc1Br. The Morgan fingerprint density at radius 3 is 2.81 bits per heavy atom. The summed E-state index contributed by atoms with van der Waals surface area (Å²) in [4.78, 5) is 11.7. The van der Waals surface area contributed by atoms with E-state index in [0.29, 0.717) is 22.5 Å². The number of alkyl halides is 1. The van der Waals surface area contributed by atoms with Gasteiger partial charge in [-0.3, -0.25) is 4.79 Å². The average molecular weight is 353 g/mol. The molecule has 1 aromatic rings. The first kappa shape index (κ1) is 13.6. The van der Waals surface area contributed by atoms with Gasteiger partial charge in [0.1, 0.15) is 5.82 Å². The molecular weight excluding hydrogens is 341 g/mol. The highest BCUT2D eigenvalue weighted by molar-refractivity contribution is 9.10. The number of benzene rings is 1. The van der Waals surface area contributed by atoms with Gasteiger partial charge in [0.05, 0.1) is 5.56 Å². The van der Waals surface area contributed by atoms with Gasteiger partial charge in [0, 0.05) is 16.3 Å². The van der Waals surface area contributed by atoms with Crippen LogP contribution in [0.1, 0.15) is 17.3 Å². The third-order valence-electron chi connectivity index (χ3n) is 2.05. The largest absolute Gasteiger partial charge is 0.352 e. The summed E-state index contributed by atoms with van der Waals surface area (Å²) in [5.74, 6) is -0.194. The Morgan fingerprint density at radius 2 is 2.25 bits per heavy atom. The standard InChI is InChI=1S/C11H12Br2FNO/c1-7(5-12)6-15-11(16)9-3-2-8(14)4-10(9)13/h2-4,7H,5-6H2,1H3,(H,15,16). The summed E-state index contributed by atoms with van der Waals surface area (Å²) in [6.07, 6.45) is 0. The molecule has 1 atom stereocenters. The summed E-state index contributed by atoms with van der Waals surface area (Å²) >= 11 is 6.50. The van der Waals surface area contributed by atoms with E-state index in [0.717, 1.165) is 5.33 Å². The monoisotopic (exact) mass is 351 g/mol. The lowest BCUT2D eigenvalue weighted by molar-refractivity contribution is 0.0948. The van der Waals surface area contributed by atoms with Gasteiger partial charge in [-0.15, -0.1) is 0 Å². The Bertz CT molecular complexity index is 384. The van der Waals surface area contributed by atoms with E-state index in [1.54, 1.807) is 0 Å². The minimum absolute atomic E-state index is 0.195. The average Bonchev–Trinajstić information content (AvgIpc) is 2.25. The molecule has 2 nitrogen and oxygen atoms in total. The zero-order valence-corrected chi connectivity index (χ0v) is 11.9. The van der Waals surface area contributed by atoms with Gasteiger partial charge >= 0.3 is 0 Å². The van der Waals surface area contributed by atoms with Crippen molar-refractivity contribution in [2.24, 2.45) is 5.92 Å². The number of hydrogen-bond acceptors (Lipinski definition) is 1. The van der Waals surface area contributed by atoms with Crippen LogP contribution in [0.2, 0.25) is 0 Å². The summed E-state index contributed by atoms with van der Waals surface area (Å²) in [6.45, 7) is 2.61. The summed E-state index contributed by atoms with van der Waals surface area (Å²) in [7, 11) is 0. The minimum atomic E-state index is -0.364. The summed E-state index contributed by atoms with van der Waals surface area (Å²) in [5.41, 5.74) is 0.447. The molecule has 1 amide bonds. The topological polar surface area (TPSA) is 29.1 Å². The molecule has 0 saturated heterocycles. The van der Waals surface area contributed by atoms with Crippen LogP contribution in [0.4, 0.5) is 4.39 Å². The predicted molar refractivity (Wildman–Crippen MR) is 69.4 cm³/mol. The van der Waals surface area contributed by atoms with E-state index in [2.05, 4.69) is 37.2 Å². The molecule has 5 heteroatoms. The van der Waals surface area contributed by atoms with Crippen LogP contribution in [0, 0.1) is 11.7 Å². The lowest BCUT2D eigenvalue weighted by atomic mass is 10.2. The second-order valence-electron chi connectivity index (χ2n) is 3.59. The number of nitrogens with one attached hydrogen (secondary N) is 1. The minimum Gasteiger partial charge on any atom is -0.352 e. The van der Waals surface area contributed by atoms with Gasteiger partial charge in [-0.05, 0) is 40.0 Å². The Kier molecular flexibility index (Phi) is 5.41. The van der Waals surface area contributed by atoms with Crippen molar-refractivity contribution in [2.45, 2.75) is 6.92 Å². The molecule has 0 aliphatic carbocycles. The molecule has 0 spiro atoms. The molecule has 0 aliphatic rings. The molecule has 1 N–H and O–H groups in total. The maximum absolute atomic E-state index is 12.8. The second-order valence-corrected chi connectivity index (χ2v) is 5.10. The molecule has 0 saturated carbocycles. The van der Waals surface area contributed by atoms with E-state index >= 15 is 0 Å². The van der Waals surface area contributed by atoms with E-state index in [-0.39, 0.29) is 11.7 Å². The number of amides is 1. The van der Waals surface area contributed by atoms with Gasteiger partial charge < -0.3 is 5.32 Å². The van der Waals surface area contributed by atoms with Crippen LogP contribution >= 0.6 is 31.9 Å². The fourth-order valence-corrected chi connectivity index (χ4v) is 1.85. The molecule has 0 heterocycles. The molecule has 0 aliphatic heterocycles. The fourth-order valence-electron chi connectivity index (χ4n) is 1.09. The smallest absolute Gasteiger partial charge is 0.252 e. The molecule has 0 fully saturated rings. The zero-order chi connectivity index (χ0) is 12.1. The van der Waals surface area contributed by atoms with Gasteiger partial charge in [0.15, 0.2) is 0 Å². The van der Waals surface area contributed by atoms with Crippen molar-refractivity contribution in [3.05, 3.63) is 34.1 Å². The van der Waals surface area contributed by atoms with Crippen molar-refractivity contribution in [1.82, 2.24) is 5.32 Å². The lowest BCUT2D eigenvalue weighted by Crippen LogP contribution is -2.29. The van der Waals surface area contributed by atoms with Crippen LogP contribution in [0.3, 0.4) is 0 Å². The van der Waals surface area contributed by atoms with Crippen LogP contribution in [0.25, 0.3) is 0 Å². The molecule has 88 valence electrons.